The van der Waals surface area contributed by atoms with Gasteiger partial charge in [-0.25, -0.2) is 0 Å². The van der Waals surface area contributed by atoms with Crippen molar-refractivity contribution >= 4 is 41.0 Å². The fourth-order valence-electron chi connectivity index (χ4n) is 5.03. The quantitative estimate of drug-likeness (QED) is 0.320. The maximum atomic E-state index is 2.85. The third-order valence-electron chi connectivity index (χ3n) is 5.58. The van der Waals surface area contributed by atoms with E-state index < -0.39 is 18.4 Å². The molecule has 4 aliphatic rings. The van der Waals surface area contributed by atoms with Gasteiger partial charge in [0.25, 0.3) is 0 Å². The van der Waals surface area contributed by atoms with Gasteiger partial charge in [-0.05, 0) is 0 Å². The molecule has 86 valence electrons. The molecule has 4 aliphatic carbocycles. The van der Waals surface area contributed by atoms with Crippen LogP contribution in [0.3, 0.4) is 0 Å². The van der Waals surface area contributed by atoms with Gasteiger partial charge in [-0.15, -0.1) is 0 Å². The van der Waals surface area contributed by atoms with Crippen molar-refractivity contribution in [3.05, 3.63) is 0 Å². The zero-order chi connectivity index (χ0) is 10.9. The molecule has 0 spiro atoms. The van der Waals surface area contributed by atoms with E-state index in [0.29, 0.717) is 0 Å². The maximum absolute atomic E-state index is 2.85. The van der Waals surface area contributed by atoms with Crippen LogP contribution in [0.25, 0.3) is 0 Å². The molecule has 0 radical (unpaired) electrons. The topological polar surface area (TPSA) is 0 Å². The summed E-state index contributed by atoms with van der Waals surface area (Å²) in [6.45, 7) is 0. The van der Waals surface area contributed by atoms with E-state index in [1.54, 1.807) is 38.5 Å². The fraction of sp³-hybridized carbons (Fsp3) is 1.00. The molecule has 4 bridgehead atoms. The first-order chi connectivity index (χ1) is 6.82. The van der Waals surface area contributed by atoms with Gasteiger partial charge in [0, 0.05) is 0 Å². The molecule has 0 aromatic rings. The minimum atomic E-state index is -1.72. The van der Waals surface area contributed by atoms with E-state index in [2.05, 4.69) is 37.4 Å². The van der Waals surface area contributed by atoms with E-state index >= 15 is 0 Å². The average Bonchev–Trinajstić information content (AvgIpc) is 1.95. The predicted octanol–water partition coefficient (Wildman–Crippen LogP) is 4.85. The Labute approximate surface area is 112 Å². The van der Waals surface area contributed by atoms with Gasteiger partial charge >= 0.3 is 113 Å². The second kappa shape index (κ2) is 3.30. The van der Waals surface area contributed by atoms with Gasteiger partial charge in [-0.2, -0.15) is 0 Å². The Morgan fingerprint density at radius 3 is 1.93 bits per heavy atom. The molecule has 15 heavy (non-hydrogen) atoms. The average molecular weight is 425 g/mol. The van der Waals surface area contributed by atoms with Crippen LogP contribution in [0.2, 0.25) is 18.2 Å². The number of rotatable bonds is 1. The second-order valence-corrected chi connectivity index (χ2v) is 25.8. The van der Waals surface area contributed by atoms with Gasteiger partial charge in [0.15, 0.2) is 0 Å². The summed E-state index contributed by atoms with van der Waals surface area (Å²) in [4.78, 5) is 8.09. The Morgan fingerprint density at radius 2 is 1.53 bits per heavy atom. The van der Waals surface area contributed by atoms with Crippen LogP contribution in [0.1, 0.15) is 38.5 Å². The van der Waals surface area contributed by atoms with Crippen molar-refractivity contribution in [1.82, 2.24) is 0 Å². The molecular formula is C13H23ISn. The van der Waals surface area contributed by atoms with Gasteiger partial charge in [-0.3, -0.25) is 0 Å². The van der Waals surface area contributed by atoms with Crippen LogP contribution >= 0.6 is 22.6 Å². The van der Waals surface area contributed by atoms with Crippen LogP contribution < -0.4 is 0 Å². The van der Waals surface area contributed by atoms with Crippen molar-refractivity contribution in [3.8, 4) is 0 Å². The van der Waals surface area contributed by atoms with Crippen LogP contribution in [-0.2, 0) is 0 Å². The van der Waals surface area contributed by atoms with E-state index in [-0.39, 0.29) is 0 Å². The molecule has 2 unspecified atom stereocenters. The third-order valence-corrected chi connectivity index (χ3v) is 17.6. The summed E-state index contributed by atoms with van der Waals surface area (Å²) in [5.41, 5.74) is 0. The molecule has 0 saturated heterocycles. The van der Waals surface area contributed by atoms with Crippen LogP contribution in [0.15, 0.2) is 0 Å². The number of halogens is 1. The normalized spacial score (nSPS) is 53.6. The van der Waals surface area contributed by atoms with E-state index in [9.17, 15) is 0 Å². The Morgan fingerprint density at radius 1 is 1.00 bits per heavy atom. The number of hydrogen-bond acceptors (Lipinski definition) is 0. The van der Waals surface area contributed by atoms with E-state index in [1.165, 1.54) is 0 Å². The Balaban J connectivity index is 2.00. The van der Waals surface area contributed by atoms with Crippen LogP contribution in [0.5, 0.6) is 0 Å². The Kier molecular flexibility index (Phi) is 2.55. The van der Waals surface area contributed by atoms with Crippen molar-refractivity contribution in [3.63, 3.8) is 0 Å². The van der Waals surface area contributed by atoms with Gasteiger partial charge in [-0.1, -0.05) is 0 Å². The van der Waals surface area contributed by atoms with Gasteiger partial charge in [0.1, 0.15) is 0 Å². The summed E-state index contributed by atoms with van der Waals surface area (Å²) in [5.74, 6) is 2.25. The second-order valence-electron chi connectivity index (χ2n) is 7.64. The molecular weight excluding hydrogens is 402 g/mol. The third kappa shape index (κ3) is 1.73. The van der Waals surface area contributed by atoms with Crippen LogP contribution in [-0.4, -0.2) is 21.8 Å². The van der Waals surface area contributed by atoms with Crippen molar-refractivity contribution < 1.29 is 0 Å². The predicted molar refractivity (Wildman–Crippen MR) is 77.5 cm³/mol. The van der Waals surface area contributed by atoms with Crippen molar-refractivity contribution in [2.75, 3.05) is 0 Å². The van der Waals surface area contributed by atoms with Gasteiger partial charge in [0.2, 0.25) is 0 Å². The first-order valence-electron chi connectivity index (χ1n) is 6.51. The number of hydrogen-bond donors (Lipinski definition) is 0. The molecule has 4 fully saturated rings. The van der Waals surface area contributed by atoms with Crippen LogP contribution in [0, 0.1) is 11.8 Å². The molecule has 0 aliphatic heterocycles. The standard InChI is InChI=1S/C10H14I.3CH3.Sn/c11-10-4-7-1-8(5-10)3-9(2-7)6-10;;;;/h7-8H,1-6H2;3*1H3;/t7-,8+,10?;;;;. The zero-order valence-electron chi connectivity index (χ0n) is 10.3. The van der Waals surface area contributed by atoms with Crippen molar-refractivity contribution in [2.45, 2.75) is 60.2 Å². The van der Waals surface area contributed by atoms with Gasteiger partial charge in [0.05, 0.1) is 0 Å². The molecule has 2 heteroatoms. The SMILES string of the molecule is [CH3][Sn]([CH3])([CH3])[C]12C[C@@H]3C[C@@H](CC(I)(C3)C1)C2. The summed E-state index contributed by atoms with van der Waals surface area (Å²) in [6, 6.07) is 0. The minimum absolute atomic E-state index is 0.742. The molecule has 0 aromatic heterocycles. The first-order valence-corrected chi connectivity index (χ1v) is 17.6. The van der Waals surface area contributed by atoms with E-state index in [4.69, 9.17) is 0 Å². The molecule has 0 amide bonds. The first kappa shape index (κ1) is 11.6. The Bertz CT molecular complexity index is 277. The molecule has 0 N–H and O–H groups in total. The monoisotopic (exact) mass is 426 g/mol. The fourth-order valence-corrected chi connectivity index (χ4v) is 15.7. The number of alkyl halides is 1. The molecule has 4 atom stereocenters. The molecule has 0 aromatic carbocycles. The summed E-state index contributed by atoms with van der Waals surface area (Å²) >= 11 is 1.13. The summed E-state index contributed by atoms with van der Waals surface area (Å²) in [6.07, 6.45) is 9.59. The van der Waals surface area contributed by atoms with E-state index in [0.717, 1.165) is 18.7 Å². The molecule has 4 rings (SSSR count). The molecule has 0 heterocycles. The van der Waals surface area contributed by atoms with Gasteiger partial charge < -0.3 is 0 Å². The summed E-state index contributed by atoms with van der Waals surface area (Å²) in [7, 11) is 0. The zero-order valence-corrected chi connectivity index (χ0v) is 15.3. The molecule has 4 saturated carbocycles. The van der Waals surface area contributed by atoms with Crippen molar-refractivity contribution in [2.24, 2.45) is 11.8 Å². The molecule has 0 nitrogen and oxygen atoms in total. The van der Waals surface area contributed by atoms with Crippen LogP contribution in [0.4, 0.5) is 0 Å². The Hall–Kier alpha value is 1.53. The van der Waals surface area contributed by atoms with E-state index in [1.807, 2.05) is 0 Å². The van der Waals surface area contributed by atoms with Crippen molar-refractivity contribution in [1.29, 1.82) is 0 Å². The summed E-state index contributed by atoms with van der Waals surface area (Å²) < 4.78 is 1.64. The summed E-state index contributed by atoms with van der Waals surface area (Å²) in [5, 5.41) is 0.